The molecule has 6 heteroatoms. The van der Waals surface area contributed by atoms with Crippen molar-refractivity contribution in [1.82, 2.24) is 9.55 Å². The molecular weight excluding hydrogens is 499 g/mol. The molecule has 0 aliphatic carbocycles. The smallest absolute Gasteiger partial charge is 0.266 e. The standard InChI is InChI=1S/C23H16ClIN2O2/c1-29-17-10-6-15(7-11-17)8-13-22-26-20-12-9-16(25)14-18(20)23(28)27(22)21-5-3-2-4-19(21)24/h2-14H,1H3. The zero-order valence-corrected chi connectivity index (χ0v) is 18.4. The SMILES string of the molecule is COc1ccc(C=Cc2nc3ccc(I)cc3c(=O)n2-c2ccccc2Cl)cc1. The first-order valence-corrected chi connectivity index (χ1v) is 10.3. The van der Waals surface area contributed by atoms with Crippen LogP contribution in [0.2, 0.25) is 5.02 Å². The third kappa shape index (κ3) is 4.06. The molecule has 4 nitrogen and oxygen atoms in total. The van der Waals surface area contributed by atoms with E-state index in [2.05, 4.69) is 22.6 Å². The first-order valence-electron chi connectivity index (χ1n) is 8.86. The number of aromatic nitrogens is 2. The summed E-state index contributed by atoms with van der Waals surface area (Å²) >= 11 is 8.60. The topological polar surface area (TPSA) is 44.1 Å². The molecule has 29 heavy (non-hydrogen) atoms. The molecule has 0 atom stereocenters. The fourth-order valence-electron chi connectivity index (χ4n) is 3.04. The quantitative estimate of drug-likeness (QED) is 0.322. The Bertz CT molecular complexity index is 1280. The van der Waals surface area contributed by atoms with Crippen molar-refractivity contribution in [2.75, 3.05) is 7.11 Å². The highest BCUT2D eigenvalue weighted by Gasteiger charge is 2.13. The third-order valence-corrected chi connectivity index (χ3v) is 5.48. The van der Waals surface area contributed by atoms with E-state index in [1.807, 2.05) is 72.8 Å². The van der Waals surface area contributed by atoms with E-state index < -0.39 is 0 Å². The van der Waals surface area contributed by atoms with Crippen molar-refractivity contribution in [3.8, 4) is 11.4 Å². The van der Waals surface area contributed by atoms with Crippen LogP contribution >= 0.6 is 34.2 Å². The van der Waals surface area contributed by atoms with Crippen molar-refractivity contribution in [1.29, 1.82) is 0 Å². The summed E-state index contributed by atoms with van der Waals surface area (Å²) in [4.78, 5) is 18.1. The normalized spacial score (nSPS) is 11.3. The minimum absolute atomic E-state index is 0.156. The van der Waals surface area contributed by atoms with Crippen LogP contribution in [-0.4, -0.2) is 16.7 Å². The van der Waals surface area contributed by atoms with E-state index in [1.165, 1.54) is 0 Å². The van der Waals surface area contributed by atoms with Gasteiger partial charge < -0.3 is 4.74 Å². The summed E-state index contributed by atoms with van der Waals surface area (Å²) in [6.07, 6.45) is 3.73. The first-order chi connectivity index (χ1) is 14.1. The van der Waals surface area contributed by atoms with Crippen molar-refractivity contribution in [2.24, 2.45) is 0 Å². The summed E-state index contributed by atoms with van der Waals surface area (Å²) in [6, 6.07) is 20.6. The van der Waals surface area contributed by atoms with Crippen LogP contribution in [0.15, 0.2) is 71.5 Å². The number of benzene rings is 3. The van der Waals surface area contributed by atoms with Gasteiger partial charge in [-0.1, -0.05) is 41.9 Å². The molecule has 0 saturated carbocycles. The molecule has 4 rings (SSSR count). The van der Waals surface area contributed by atoms with E-state index in [0.717, 1.165) is 14.9 Å². The van der Waals surface area contributed by atoms with Gasteiger partial charge in [0.25, 0.3) is 5.56 Å². The van der Waals surface area contributed by atoms with E-state index >= 15 is 0 Å². The molecule has 0 aliphatic rings. The maximum atomic E-state index is 13.4. The van der Waals surface area contributed by atoms with Crippen molar-refractivity contribution in [3.63, 3.8) is 0 Å². The van der Waals surface area contributed by atoms with Crippen molar-refractivity contribution in [3.05, 3.63) is 97.1 Å². The monoisotopic (exact) mass is 514 g/mol. The molecule has 4 aromatic rings. The average molecular weight is 515 g/mol. The second-order valence-corrected chi connectivity index (χ2v) is 7.98. The van der Waals surface area contributed by atoms with Crippen LogP contribution in [0.5, 0.6) is 5.75 Å². The predicted octanol–water partition coefficient (Wildman–Crippen LogP) is 5.82. The Morgan fingerprint density at radius 3 is 2.52 bits per heavy atom. The summed E-state index contributed by atoms with van der Waals surface area (Å²) in [7, 11) is 1.63. The number of ether oxygens (including phenoxy) is 1. The predicted molar refractivity (Wildman–Crippen MR) is 127 cm³/mol. The number of rotatable bonds is 4. The number of halogens is 2. The number of para-hydroxylation sites is 1. The molecular formula is C23H16ClIN2O2. The van der Waals surface area contributed by atoms with Crippen LogP contribution in [0.1, 0.15) is 11.4 Å². The fraction of sp³-hybridized carbons (Fsp3) is 0.0435. The molecule has 0 bridgehead atoms. The van der Waals surface area contributed by atoms with Crippen molar-refractivity contribution >= 4 is 57.2 Å². The Balaban J connectivity index is 1.92. The van der Waals surface area contributed by atoms with Gasteiger partial charge in [0, 0.05) is 3.57 Å². The highest BCUT2D eigenvalue weighted by Crippen LogP contribution is 2.23. The third-order valence-electron chi connectivity index (χ3n) is 4.49. The molecule has 144 valence electrons. The lowest BCUT2D eigenvalue weighted by molar-refractivity contribution is 0.415. The highest BCUT2D eigenvalue weighted by molar-refractivity contribution is 14.1. The van der Waals surface area contributed by atoms with Crippen LogP contribution < -0.4 is 10.3 Å². The van der Waals surface area contributed by atoms with Crippen molar-refractivity contribution < 1.29 is 4.74 Å². The summed E-state index contributed by atoms with van der Waals surface area (Å²) in [5.41, 5.74) is 2.05. The Morgan fingerprint density at radius 2 is 1.79 bits per heavy atom. The number of fused-ring (bicyclic) bond motifs is 1. The summed E-state index contributed by atoms with van der Waals surface area (Å²) in [6.45, 7) is 0. The van der Waals surface area contributed by atoms with Gasteiger partial charge in [-0.15, -0.1) is 0 Å². The molecule has 0 amide bonds. The molecule has 0 fully saturated rings. The Morgan fingerprint density at radius 1 is 1.03 bits per heavy atom. The molecule has 1 aromatic heterocycles. The number of nitrogens with zero attached hydrogens (tertiary/aromatic N) is 2. The fourth-order valence-corrected chi connectivity index (χ4v) is 3.75. The minimum Gasteiger partial charge on any atom is -0.497 e. The lowest BCUT2D eigenvalue weighted by atomic mass is 10.2. The molecule has 0 saturated heterocycles. The van der Waals surface area contributed by atoms with E-state index in [1.54, 1.807) is 17.7 Å². The maximum absolute atomic E-state index is 13.4. The zero-order valence-electron chi connectivity index (χ0n) is 15.5. The van der Waals surface area contributed by atoms with E-state index in [0.29, 0.717) is 27.4 Å². The molecule has 3 aromatic carbocycles. The molecule has 0 aliphatic heterocycles. The van der Waals surface area contributed by atoms with E-state index in [-0.39, 0.29) is 5.56 Å². The van der Waals surface area contributed by atoms with Crippen LogP contribution in [-0.2, 0) is 0 Å². The number of hydrogen-bond donors (Lipinski definition) is 0. The molecule has 0 spiro atoms. The lowest BCUT2D eigenvalue weighted by Gasteiger charge is -2.13. The van der Waals surface area contributed by atoms with Gasteiger partial charge in [0.15, 0.2) is 0 Å². The van der Waals surface area contributed by atoms with Gasteiger partial charge in [-0.25, -0.2) is 4.98 Å². The minimum atomic E-state index is -0.156. The van der Waals surface area contributed by atoms with Crippen LogP contribution in [0.3, 0.4) is 0 Å². The van der Waals surface area contributed by atoms with Gasteiger partial charge in [0.1, 0.15) is 11.6 Å². The van der Waals surface area contributed by atoms with Gasteiger partial charge in [0.05, 0.1) is 28.7 Å². The number of methoxy groups -OCH3 is 1. The average Bonchev–Trinajstić information content (AvgIpc) is 2.74. The first kappa shape index (κ1) is 19.7. The van der Waals surface area contributed by atoms with Crippen LogP contribution in [0.25, 0.3) is 28.7 Å². The zero-order chi connectivity index (χ0) is 20.4. The highest BCUT2D eigenvalue weighted by atomic mass is 127. The maximum Gasteiger partial charge on any atom is 0.266 e. The summed E-state index contributed by atoms with van der Waals surface area (Å²) in [5.74, 6) is 1.29. The van der Waals surface area contributed by atoms with Gasteiger partial charge in [-0.05, 0) is 76.7 Å². The van der Waals surface area contributed by atoms with E-state index in [4.69, 9.17) is 21.3 Å². The summed E-state index contributed by atoms with van der Waals surface area (Å²) in [5, 5.41) is 1.04. The van der Waals surface area contributed by atoms with Gasteiger partial charge in [-0.3, -0.25) is 9.36 Å². The van der Waals surface area contributed by atoms with Crippen LogP contribution in [0, 0.1) is 3.57 Å². The number of hydrogen-bond acceptors (Lipinski definition) is 3. The second kappa shape index (κ2) is 8.39. The molecule has 0 N–H and O–H groups in total. The second-order valence-electron chi connectivity index (χ2n) is 6.33. The Kier molecular flexibility index (Phi) is 5.69. The lowest BCUT2D eigenvalue weighted by Crippen LogP contribution is -2.22. The summed E-state index contributed by atoms with van der Waals surface area (Å²) < 4.78 is 7.73. The Hall–Kier alpha value is -2.64. The van der Waals surface area contributed by atoms with Gasteiger partial charge >= 0.3 is 0 Å². The molecule has 0 radical (unpaired) electrons. The van der Waals surface area contributed by atoms with Gasteiger partial charge in [0.2, 0.25) is 0 Å². The largest absolute Gasteiger partial charge is 0.497 e. The van der Waals surface area contributed by atoms with Crippen molar-refractivity contribution in [2.45, 2.75) is 0 Å². The Labute approximate surface area is 186 Å². The molecule has 0 unspecified atom stereocenters. The van der Waals surface area contributed by atoms with E-state index in [9.17, 15) is 4.79 Å². The van der Waals surface area contributed by atoms with Gasteiger partial charge in [-0.2, -0.15) is 0 Å². The molecule has 1 heterocycles. The van der Waals surface area contributed by atoms with Crippen LogP contribution in [0.4, 0.5) is 0 Å².